The highest BCUT2D eigenvalue weighted by Crippen LogP contribution is 1.98. The lowest BCUT2D eigenvalue weighted by atomic mass is 10.3. The van der Waals surface area contributed by atoms with Crippen LogP contribution in [0.4, 0.5) is 0 Å². The summed E-state index contributed by atoms with van der Waals surface area (Å²) in [7, 11) is 0. The molecule has 0 spiro atoms. The van der Waals surface area contributed by atoms with Crippen LogP contribution in [0.2, 0.25) is 0 Å². The molecule has 10 heavy (non-hydrogen) atoms. The molecule has 0 aromatic rings. The van der Waals surface area contributed by atoms with Gasteiger partial charge in [0.25, 0.3) is 5.91 Å². The molecule has 0 aromatic carbocycles. The lowest BCUT2D eigenvalue weighted by molar-refractivity contribution is -0.129. The van der Waals surface area contributed by atoms with Crippen LogP contribution in [0.25, 0.3) is 0 Å². The normalized spacial score (nSPS) is 18.1. The number of amides is 1. The molecule has 56 valence electrons. The van der Waals surface area contributed by atoms with E-state index in [2.05, 4.69) is 5.43 Å². The number of rotatable bonds is 2. The highest BCUT2D eigenvalue weighted by molar-refractivity contribution is 5.87. The second-order valence-electron chi connectivity index (χ2n) is 2.19. The number of nitrogens with one attached hydrogen (secondary N) is 1. The molecule has 0 radical (unpaired) electrons. The quantitative estimate of drug-likeness (QED) is 0.598. The van der Waals surface area contributed by atoms with Gasteiger partial charge in [-0.25, -0.2) is 5.43 Å². The standard InChI is InChI=1S/C7H12N2O/c1-2-8-9-6-4-3-5-7(9)10/h3,5,8H,2,4,6H2,1H3. The first kappa shape index (κ1) is 7.28. The maximum absolute atomic E-state index is 11.0. The molecule has 0 saturated heterocycles. The molecule has 0 saturated carbocycles. The molecule has 3 heteroatoms. The van der Waals surface area contributed by atoms with Crippen molar-refractivity contribution in [2.75, 3.05) is 13.1 Å². The monoisotopic (exact) mass is 140 g/mol. The summed E-state index contributed by atoms with van der Waals surface area (Å²) >= 11 is 0. The van der Waals surface area contributed by atoms with Crippen molar-refractivity contribution in [1.82, 2.24) is 10.4 Å². The number of hydrogen-bond donors (Lipinski definition) is 1. The van der Waals surface area contributed by atoms with Gasteiger partial charge in [-0.05, 0) is 6.42 Å². The fraction of sp³-hybridized carbons (Fsp3) is 0.571. The van der Waals surface area contributed by atoms with Gasteiger partial charge in [-0.1, -0.05) is 13.0 Å². The van der Waals surface area contributed by atoms with E-state index in [9.17, 15) is 4.79 Å². The van der Waals surface area contributed by atoms with E-state index >= 15 is 0 Å². The highest BCUT2D eigenvalue weighted by Gasteiger charge is 2.10. The Bertz CT molecular complexity index is 154. The summed E-state index contributed by atoms with van der Waals surface area (Å²) in [5.74, 6) is 0.0631. The second kappa shape index (κ2) is 3.37. The van der Waals surface area contributed by atoms with Gasteiger partial charge in [0, 0.05) is 19.2 Å². The lowest BCUT2D eigenvalue weighted by Gasteiger charge is -2.22. The summed E-state index contributed by atoms with van der Waals surface area (Å²) in [5.41, 5.74) is 2.97. The Kier molecular flexibility index (Phi) is 2.45. The van der Waals surface area contributed by atoms with Crippen LogP contribution < -0.4 is 5.43 Å². The number of hydrazine groups is 1. The van der Waals surface area contributed by atoms with Gasteiger partial charge < -0.3 is 0 Å². The zero-order valence-corrected chi connectivity index (χ0v) is 6.13. The summed E-state index contributed by atoms with van der Waals surface area (Å²) in [6.45, 7) is 3.58. The molecule has 1 aliphatic heterocycles. The van der Waals surface area contributed by atoms with Crippen LogP contribution in [0.5, 0.6) is 0 Å². The lowest BCUT2D eigenvalue weighted by Crippen LogP contribution is -2.43. The van der Waals surface area contributed by atoms with Crippen molar-refractivity contribution in [1.29, 1.82) is 0 Å². The molecular formula is C7H12N2O. The molecule has 0 fully saturated rings. The van der Waals surface area contributed by atoms with Gasteiger partial charge >= 0.3 is 0 Å². The molecule has 0 aromatic heterocycles. The van der Waals surface area contributed by atoms with Crippen molar-refractivity contribution < 1.29 is 4.79 Å². The van der Waals surface area contributed by atoms with E-state index < -0.39 is 0 Å². The summed E-state index contributed by atoms with van der Waals surface area (Å²) in [6, 6.07) is 0. The van der Waals surface area contributed by atoms with E-state index in [0.717, 1.165) is 19.5 Å². The Balaban J connectivity index is 2.44. The summed E-state index contributed by atoms with van der Waals surface area (Å²) in [6.07, 6.45) is 4.46. The predicted molar refractivity (Wildman–Crippen MR) is 39.1 cm³/mol. The minimum absolute atomic E-state index is 0.0631. The number of hydrogen-bond acceptors (Lipinski definition) is 2. The van der Waals surface area contributed by atoms with Gasteiger partial charge in [0.1, 0.15) is 0 Å². The van der Waals surface area contributed by atoms with Crippen molar-refractivity contribution in [2.24, 2.45) is 0 Å². The van der Waals surface area contributed by atoms with E-state index in [1.807, 2.05) is 13.0 Å². The Hall–Kier alpha value is -0.830. The average Bonchev–Trinajstić information content (AvgIpc) is 1.94. The minimum atomic E-state index is 0.0631. The van der Waals surface area contributed by atoms with Crippen LogP contribution in [0.1, 0.15) is 13.3 Å². The molecule has 1 rings (SSSR count). The number of carbonyl (C=O) groups is 1. The first-order valence-corrected chi connectivity index (χ1v) is 3.56. The van der Waals surface area contributed by atoms with Gasteiger partial charge in [-0.2, -0.15) is 0 Å². The summed E-state index contributed by atoms with van der Waals surface area (Å²) < 4.78 is 0. The molecule has 3 nitrogen and oxygen atoms in total. The molecule has 1 aliphatic rings. The van der Waals surface area contributed by atoms with E-state index in [4.69, 9.17) is 0 Å². The van der Waals surface area contributed by atoms with E-state index in [-0.39, 0.29) is 5.91 Å². The van der Waals surface area contributed by atoms with Crippen molar-refractivity contribution >= 4 is 5.91 Å². The molecule has 1 amide bonds. The maximum Gasteiger partial charge on any atom is 0.260 e. The Morgan fingerprint density at radius 3 is 3.20 bits per heavy atom. The molecule has 1 heterocycles. The third-order valence-electron chi connectivity index (χ3n) is 1.39. The van der Waals surface area contributed by atoms with Gasteiger partial charge in [0.2, 0.25) is 0 Å². The Labute approximate surface area is 60.7 Å². The van der Waals surface area contributed by atoms with Crippen molar-refractivity contribution in [2.45, 2.75) is 13.3 Å². The van der Waals surface area contributed by atoms with Gasteiger partial charge in [0.05, 0.1) is 0 Å². The van der Waals surface area contributed by atoms with E-state index in [1.54, 1.807) is 11.1 Å². The highest BCUT2D eigenvalue weighted by atomic mass is 16.2. The zero-order chi connectivity index (χ0) is 7.40. The Morgan fingerprint density at radius 2 is 2.60 bits per heavy atom. The van der Waals surface area contributed by atoms with Gasteiger partial charge in [-0.3, -0.25) is 9.80 Å². The third-order valence-corrected chi connectivity index (χ3v) is 1.39. The largest absolute Gasteiger partial charge is 0.274 e. The van der Waals surface area contributed by atoms with Crippen LogP contribution in [0.3, 0.4) is 0 Å². The van der Waals surface area contributed by atoms with E-state index in [1.165, 1.54) is 0 Å². The van der Waals surface area contributed by atoms with Crippen LogP contribution in [-0.4, -0.2) is 24.0 Å². The second-order valence-corrected chi connectivity index (χ2v) is 2.19. The Morgan fingerprint density at radius 1 is 1.80 bits per heavy atom. The smallest absolute Gasteiger partial charge is 0.260 e. The van der Waals surface area contributed by atoms with Crippen LogP contribution >= 0.6 is 0 Å². The van der Waals surface area contributed by atoms with Crippen molar-refractivity contribution in [3.63, 3.8) is 0 Å². The van der Waals surface area contributed by atoms with Crippen LogP contribution in [-0.2, 0) is 4.79 Å². The van der Waals surface area contributed by atoms with Gasteiger partial charge in [-0.15, -0.1) is 0 Å². The zero-order valence-electron chi connectivity index (χ0n) is 6.13. The summed E-state index contributed by atoms with van der Waals surface area (Å²) in [5, 5.41) is 1.64. The average molecular weight is 140 g/mol. The predicted octanol–water partition coefficient (Wildman–Crippen LogP) is 0.299. The van der Waals surface area contributed by atoms with E-state index in [0.29, 0.717) is 0 Å². The van der Waals surface area contributed by atoms with Crippen LogP contribution in [0.15, 0.2) is 12.2 Å². The first-order valence-electron chi connectivity index (χ1n) is 3.56. The van der Waals surface area contributed by atoms with Gasteiger partial charge in [0.15, 0.2) is 0 Å². The molecule has 1 N–H and O–H groups in total. The molecule has 0 aliphatic carbocycles. The van der Waals surface area contributed by atoms with Crippen LogP contribution in [0, 0.1) is 0 Å². The third kappa shape index (κ3) is 1.57. The maximum atomic E-state index is 11.0. The number of carbonyl (C=O) groups excluding carboxylic acids is 1. The first-order chi connectivity index (χ1) is 4.84. The number of nitrogens with zero attached hydrogens (tertiary/aromatic N) is 1. The minimum Gasteiger partial charge on any atom is -0.274 e. The molecule has 0 unspecified atom stereocenters. The topological polar surface area (TPSA) is 32.3 Å². The fourth-order valence-electron chi connectivity index (χ4n) is 0.936. The molecule has 0 atom stereocenters. The van der Waals surface area contributed by atoms with Crippen molar-refractivity contribution in [3.8, 4) is 0 Å². The molecule has 0 bridgehead atoms. The fourth-order valence-corrected chi connectivity index (χ4v) is 0.936. The SMILES string of the molecule is CCNN1CCC=CC1=O. The van der Waals surface area contributed by atoms with Crippen molar-refractivity contribution in [3.05, 3.63) is 12.2 Å². The molecular weight excluding hydrogens is 128 g/mol. The summed E-state index contributed by atoms with van der Waals surface area (Å²) in [4.78, 5) is 11.0.